The fourth-order valence-electron chi connectivity index (χ4n) is 2.38. The maximum absolute atomic E-state index is 12.2. The zero-order chi connectivity index (χ0) is 19.3. The predicted octanol–water partition coefficient (Wildman–Crippen LogP) is 2.18. The SMILES string of the molecule is CC[C@@H](C)[C@@H](NC(=O)Cn1nc(-c2ccc(Cl)cc2)ccc1=O)C(=O)O. The number of rotatable bonds is 7. The highest BCUT2D eigenvalue weighted by atomic mass is 35.5. The lowest BCUT2D eigenvalue weighted by Crippen LogP contribution is -2.47. The average Bonchev–Trinajstić information content (AvgIpc) is 2.61. The van der Waals surface area contributed by atoms with Gasteiger partial charge in [-0.05, 0) is 24.1 Å². The lowest BCUT2D eigenvalue weighted by molar-refractivity contribution is -0.143. The summed E-state index contributed by atoms with van der Waals surface area (Å²) in [6.07, 6.45) is 0.599. The fraction of sp³-hybridized carbons (Fsp3) is 0.333. The summed E-state index contributed by atoms with van der Waals surface area (Å²) in [6.45, 7) is 3.22. The van der Waals surface area contributed by atoms with Crippen molar-refractivity contribution in [2.45, 2.75) is 32.9 Å². The molecule has 0 saturated heterocycles. The number of hydrogen-bond donors (Lipinski definition) is 2. The standard InChI is InChI=1S/C18H20ClN3O4/c1-3-11(2)17(18(25)26)20-15(23)10-22-16(24)9-8-14(21-22)12-4-6-13(19)7-5-12/h4-9,11,17H,3,10H2,1-2H3,(H,20,23)(H,25,26)/t11-,17-/m1/s1. The smallest absolute Gasteiger partial charge is 0.326 e. The molecule has 0 radical (unpaired) electrons. The largest absolute Gasteiger partial charge is 0.480 e. The number of benzene rings is 1. The Morgan fingerprint density at radius 3 is 2.46 bits per heavy atom. The van der Waals surface area contributed by atoms with Gasteiger partial charge in [0.1, 0.15) is 12.6 Å². The number of amides is 1. The van der Waals surface area contributed by atoms with E-state index >= 15 is 0 Å². The van der Waals surface area contributed by atoms with Crippen molar-refractivity contribution in [3.8, 4) is 11.3 Å². The second kappa shape index (κ2) is 8.62. The van der Waals surface area contributed by atoms with Crippen molar-refractivity contribution < 1.29 is 14.7 Å². The van der Waals surface area contributed by atoms with Crippen LogP contribution in [0.5, 0.6) is 0 Å². The molecular formula is C18H20ClN3O4. The maximum Gasteiger partial charge on any atom is 0.326 e. The van der Waals surface area contributed by atoms with Crippen LogP contribution in [0.1, 0.15) is 20.3 Å². The number of nitrogens with zero attached hydrogens (tertiary/aromatic N) is 2. The maximum atomic E-state index is 12.2. The van der Waals surface area contributed by atoms with E-state index < -0.39 is 23.5 Å². The predicted molar refractivity (Wildman–Crippen MR) is 98.0 cm³/mol. The summed E-state index contributed by atoms with van der Waals surface area (Å²) in [6, 6.07) is 8.76. The number of carboxylic acids is 1. The first-order valence-electron chi connectivity index (χ1n) is 8.18. The van der Waals surface area contributed by atoms with Crippen molar-refractivity contribution in [1.29, 1.82) is 0 Å². The van der Waals surface area contributed by atoms with Crippen molar-refractivity contribution in [2.75, 3.05) is 0 Å². The molecule has 0 bridgehead atoms. The van der Waals surface area contributed by atoms with Crippen molar-refractivity contribution in [3.05, 3.63) is 51.8 Å². The number of aliphatic carboxylic acids is 1. The van der Waals surface area contributed by atoms with Crippen LogP contribution in [0.25, 0.3) is 11.3 Å². The van der Waals surface area contributed by atoms with Crippen LogP contribution in [-0.4, -0.2) is 32.8 Å². The lowest BCUT2D eigenvalue weighted by Gasteiger charge is -2.20. The Morgan fingerprint density at radius 1 is 1.23 bits per heavy atom. The first-order valence-corrected chi connectivity index (χ1v) is 8.56. The molecule has 2 rings (SSSR count). The van der Waals surface area contributed by atoms with Gasteiger partial charge >= 0.3 is 5.97 Å². The lowest BCUT2D eigenvalue weighted by atomic mass is 9.99. The van der Waals surface area contributed by atoms with Crippen LogP contribution in [-0.2, 0) is 16.1 Å². The quantitative estimate of drug-likeness (QED) is 0.770. The van der Waals surface area contributed by atoms with Crippen LogP contribution in [0.2, 0.25) is 5.02 Å². The normalized spacial score (nSPS) is 13.0. The van der Waals surface area contributed by atoms with E-state index in [-0.39, 0.29) is 12.5 Å². The third-order valence-electron chi connectivity index (χ3n) is 4.10. The van der Waals surface area contributed by atoms with Crippen LogP contribution in [0.15, 0.2) is 41.2 Å². The van der Waals surface area contributed by atoms with Crippen LogP contribution >= 0.6 is 11.6 Å². The highest BCUT2D eigenvalue weighted by Crippen LogP contribution is 2.18. The number of carbonyl (C=O) groups excluding carboxylic acids is 1. The molecule has 1 heterocycles. The molecule has 8 heteroatoms. The Kier molecular flexibility index (Phi) is 6.52. The molecule has 0 unspecified atom stereocenters. The Hall–Kier alpha value is -2.67. The van der Waals surface area contributed by atoms with E-state index in [2.05, 4.69) is 10.4 Å². The first kappa shape index (κ1) is 19.7. The number of carbonyl (C=O) groups is 2. The van der Waals surface area contributed by atoms with Crippen molar-refractivity contribution in [3.63, 3.8) is 0 Å². The third kappa shape index (κ3) is 4.92. The van der Waals surface area contributed by atoms with Gasteiger partial charge in [0.25, 0.3) is 5.56 Å². The molecule has 2 aromatic rings. The Morgan fingerprint density at radius 2 is 1.88 bits per heavy atom. The summed E-state index contributed by atoms with van der Waals surface area (Å²) in [5, 5.41) is 16.5. The zero-order valence-corrected chi connectivity index (χ0v) is 15.2. The highest BCUT2D eigenvalue weighted by Gasteiger charge is 2.25. The van der Waals surface area contributed by atoms with Gasteiger partial charge in [-0.25, -0.2) is 9.48 Å². The molecule has 0 aliphatic heterocycles. The molecule has 0 aliphatic carbocycles. The molecule has 0 saturated carbocycles. The summed E-state index contributed by atoms with van der Waals surface area (Å²) in [7, 11) is 0. The molecule has 138 valence electrons. The van der Waals surface area contributed by atoms with Crippen molar-refractivity contribution in [2.24, 2.45) is 5.92 Å². The van der Waals surface area contributed by atoms with E-state index in [1.807, 2.05) is 6.92 Å². The summed E-state index contributed by atoms with van der Waals surface area (Å²) >= 11 is 5.86. The van der Waals surface area contributed by atoms with Crippen molar-refractivity contribution >= 4 is 23.5 Å². The molecule has 1 aromatic carbocycles. The van der Waals surface area contributed by atoms with Gasteiger partial charge in [-0.15, -0.1) is 0 Å². The Balaban J connectivity index is 2.19. The van der Waals surface area contributed by atoms with Gasteiger partial charge in [-0.1, -0.05) is 44.0 Å². The van der Waals surface area contributed by atoms with Gasteiger partial charge in [0.2, 0.25) is 5.91 Å². The molecule has 7 nitrogen and oxygen atoms in total. The monoisotopic (exact) mass is 377 g/mol. The van der Waals surface area contributed by atoms with E-state index in [0.29, 0.717) is 17.1 Å². The molecule has 0 aliphatic rings. The molecule has 26 heavy (non-hydrogen) atoms. The number of halogens is 1. The van der Waals surface area contributed by atoms with E-state index in [9.17, 15) is 19.5 Å². The number of hydrogen-bond acceptors (Lipinski definition) is 4. The molecular weight excluding hydrogens is 358 g/mol. The number of carboxylic acid groups (broad SMARTS) is 1. The second-order valence-corrected chi connectivity index (χ2v) is 6.43. The van der Waals surface area contributed by atoms with Gasteiger partial charge < -0.3 is 10.4 Å². The minimum absolute atomic E-state index is 0.235. The van der Waals surface area contributed by atoms with Crippen LogP contribution in [0.4, 0.5) is 0 Å². The van der Waals surface area contributed by atoms with Gasteiger partial charge in [0.05, 0.1) is 5.69 Å². The first-order chi connectivity index (χ1) is 12.3. The molecule has 1 amide bonds. The highest BCUT2D eigenvalue weighted by molar-refractivity contribution is 6.30. The number of nitrogens with one attached hydrogen (secondary N) is 1. The van der Waals surface area contributed by atoms with Gasteiger partial charge in [-0.2, -0.15) is 5.10 Å². The zero-order valence-electron chi connectivity index (χ0n) is 14.5. The topological polar surface area (TPSA) is 101 Å². The Bertz CT molecular complexity index is 848. The minimum Gasteiger partial charge on any atom is -0.480 e. The second-order valence-electron chi connectivity index (χ2n) is 5.99. The average molecular weight is 378 g/mol. The van der Waals surface area contributed by atoms with Gasteiger partial charge in [0.15, 0.2) is 0 Å². The molecule has 0 fully saturated rings. The van der Waals surface area contributed by atoms with Crippen molar-refractivity contribution in [1.82, 2.24) is 15.1 Å². The fourth-order valence-corrected chi connectivity index (χ4v) is 2.50. The van der Waals surface area contributed by atoms with Crippen LogP contribution in [0.3, 0.4) is 0 Å². The minimum atomic E-state index is -1.11. The summed E-state index contributed by atoms with van der Waals surface area (Å²) < 4.78 is 1.01. The molecule has 2 N–H and O–H groups in total. The van der Waals surface area contributed by atoms with Crippen LogP contribution < -0.4 is 10.9 Å². The molecule has 2 atom stereocenters. The van der Waals surface area contributed by atoms with Gasteiger partial charge in [0, 0.05) is 16.7 Å². The van der Waals surface area contributed by atoms with E-state index in [1.54, 1.807) is 37.3 Å². The summed E-state index contributed by atoms with van der Waals surface area (Å²) in [5.41, 5.74) is 0.797. The van der Waals surface area contributed by atoms with E-state index in [0.717, 1.165) is 10.2 Å². The Labute approximate surface area is 155 Å². The summed E-state index contributed by atoms with van der Waals surface area (Å²) in [5.74, 6) is -1.93. The number of aromatic nitrogens is 2. The summed E-state index contributed by atoms with van der Waals surface area (Å²) in [4.78, 5) is 35.5. The van der Waals surface area contributed by atoms with Crippen LogP contribution in [0, 0.1) is 5.92 Å². The third-order valence-corrected chi connectivity index (χ3v) is 4.35. The molecule has 1 aromatic heterocycles. The molecule has 0 spiro atoms. The van der Waals surface area contributed by atoms with E-state index in [4.69, 9.17) is 11.6 Å². The van der Waals surface area contributed by atoms with Gasteiger partial charge in [-0.3, -0.25) is 9.59 Å². The van der Waals surface area contributed by atoms with E-state index in [1.165, 1.54) is 6.07 Å².